The maximum absolute atomic E-state index is 9.00. The van der Waals surface area contributed by atoms with Gasteiger partial charge in [0.25, 0.3) is 0 Å². The summed E-state index contributed by atoms with van der Waals surface area (Å²) in [5, 5.41) is 12.5. The summed E-state index contributed by atoms with van der Waals surface area (Å²) >= 11 is 1.97. The highest BCUT2D eigenvalue weighted by molar-refractivity contribution is 7.12. The molecule has 0 unspecified atom stereocenters. The van der Waals surface area contributed by atoms with Gasteiger partial charge >= 0.3 is 0 Å². The third-order valence-electron chi connectivity index (χ3n) is 3.63. The van der Waals surface area contributed by atoms with Gasteiger partial charge in [-0.25, -0.2) is 0 Å². The maximum atomic E-state index is 9.00. The minimum absolute atomic E-state index is 0.120. The van der Waals surface area contributed by atoms with E-state index in [-0.39, 0.29) is 6.61 Å². The zero-order valence-electron chi connectivity index (χ0n) is 11.0. The Kier molecular flexibility index (Phi) is 3.97. The Morgan fingerprint density at radius 3 is 2.58 bits per heavy atom. The van der Waals surface area contributed by atoms with Crippen LogP contribution in [0.25, 0.3) is 0 Å². The number of hydrogen-bond donors (Lipinski definition) is 2. The van der Waals surface area contributed by atoms with Crippen LogP contribution in [0.15, 0.2) is 30.3 Å². The van der Waals surface area contributed by atoms with Gasteiger partial charge in [-0.2, -0.15) is 0 Å². The molecule has 0 spiro atoms. The van der Waals surface area contributed by atoms with Crippen LogP contribution in [-0.2, 0) is 32.5 Å². The maximum Gasteiger partial charge on any atom is 0.0681 e. The van der Waals surface area contributed by atoms with Crippen LogP contribution in [0.3, 0.4) is 0 Å². The van der Waals surface area contributed by atoms with Gasteiger partial charge in [0.1, 0.15) is 0 Å². The predicted octanol–water partition coefficient (Wildman–Crippen LogP) is 3.02. The Morgan fingerprint density at radius 2 is 1.84 bits per heavy atom. The highest BCUT2D eigenvalue weighted by Crippen LogP contribution is 2.30. The van der Waals surface area contributed by atoms with Gasteiger partial charge in [0, 0.05) is 22.8 Å². The molecule has 1 aromatic heterocycles. The van der Waals surface area contributed by atoms with Crippen molar-refractivity contribution in [2.24, 2.45) is 0 Å². The summed E-state index contributed by atoms with van der Waals surface area (Å²) in [5.41, 5.74) is 3.81. The lowest BCUT2D eigenvalue weighted by Gasteiger charge is -2.04. The van der Waals surface area contributed by atoms with Crippen LogP contribution < -0.4 is 5.32 Å². The monoisotopic (exact) mass is 273 g/mol. The van der Waals surface area contributed by atoms with E-state index in [0.717, 1.165) is 18.7 Å². The molecule has 2 aromatic rings. The molecule has 3 rings (SSSR count). The second kappa shape index (κ2) is 5.87. The number of benzene rings is 1. The third-order valence-corrected chi connectivity index (χ3v) is 4.87. The summed E-state index contributed by atoms with van der Waals surface area (Å²) in [5.74, 6) is 0. The quantitative estimate of drug-likeness (QED) is 0.877. The van der Waals surface area contributed by atoms with Gasteiger partial charge in [0.05, 0.1) is 6.61 Å². The van der Waals surface area contributed by atoms with E-state index >= 15 is 0 Å². The number of aryl methyl sites for hydroxylation is 2. The first-order valence-corrected chi connectivity index (χ1v) is 7.66. The summed E-state index contributed by atoms with van der Waals surface area (Å²) in [6.07, 6.45) is 3.89. The van der Waals surface area contributed by atoms with Gasteiger partial charge < -0.3 is 10.4 Å². The number of hydrogen-bond acceptors (Lipinski definition) is 3. The molecule has 3 heteroatoms. The van der Waals surface area contributed by atoms with E-state index in [4.69, 9.17) is 5.11 Å². The van der Waals surface area contributed by atoms with Crippen LogP contribution in [0.2, 0.25) is 0 Å². The molecule has 1 aliphatic carbocycles. The highest BCUT2D eigenvalue weighted by Gasteiger charge is 2.14. The van der Waals surface area contributed by atoms with Crippen molar-refractivity contribution in [2.45, 2.75) is 39.0 Å². The van der Waals surface area contributed by atoms with Gasteiger partial charge in [-0.1, -0.05) is 24.3 Å². The van der Waals surface area contributed by atoms with Crippen LogP contribution in [0.5, 0.6) is 0 Å². The molecule has 2 N–H and O–H groups in total. The summed E-state index contributed by atoms with van der Waals surface area (Å²) in [7, 11) is 0. The average molecular weight is 273 g/mol. The van der Waals surface area contributed by atoms with Gasteiger partial charge in [-0.15, -0.1) is 11.3 Å². The number of rotatable bonds is 5. The molecule has 0 bridgehead atoms. The molecule has 0 radical (unpaired) electrons. The minimum atomic E-state index is 0.120. The fourth-order valence-electron chi connectivity index (χ4n) is 2.57. The molecule has 1 heterocycles. The van der Waals surface area contributed by atoms with Crippen LogP contribution in [0, 0.1) is 0 Å². The molecule has 0 aliphatic heterocycles. The molecule has 19 heavy (non-hydrogen) atoms. The second-order valence-corrected chi connectivity index (χ2v) is 6.31. The summed E-state index contributed by atoms with van der Waals surface area (Å²) in [4.78, 5) is 3.06. The molecule has 0 amide bonds. The first kappa shape index (κ1) is 12.9. The van der Waals surface area contributed by atoms with Crippen molar-refractivity contribution in [3.05, 3.63) is 56.8 Å². The molecule has 0 fully saturated rings. The van der Waals surface area contributed by atoms with Crippen LogP contribution in [-0.4, -0.2) is 5.11 Å². The Hall–Kier alpha value is -1.16. The van der Waals surface area contributed by atoms with E-state index in [0.29, 0.717) is 0 Å². The highest BCUT2D eigenvalue weighted by atomic mass is 32.1. The molecule has 1 aromatic carbocycles. The third kappa shape index (κ3) is 3.06. The zero-order chi connectivity index (χ0) is 13.1. The molecular formula is C16H19NOS. The second-order valence-electron chi connectivity index (χ2n) is 5.09. The standard InChI is InChI=1S/C16H19NOS/c18-11-13-6-4-12(5-7-13)9-17-10-15-8-14-2-1-3-16(14)19-15/h4-8,17-18H,1-3,9-11H2. The smallest absolute Gasteiger partial charge is 0.0681 e. The molecule has 0 saturated heterocycles. The van der Waals surface area contributed by atoms with Crippen LogP contribution >= 0.6 is 11.3 Å². The van der Waals surface area contributed by atoms with Crippen molar-refractivity contribution in [3.63, 3.8) is 0 Å². The predicted molar refractivity (Wildman–Crippen MR) is 79.3 cm³/mol. The SMILES string of the molecule is OCc1ccc(CNCc2cc3c(s2)CCC3)cc1. The Morgan fingerprint density at radius 1 is 1.05 bits per heavy atom. The first-order valence-electron chi connectivity index (χ1n) is 6.85. The van der Waals surface area contributed by atoms with E-state index in [9.17, 15) is 0 Å². The number of fused-ring (bicyclic) bond motifs is 1. The molecule has 1 aliphatic rings. The lowest BCUT2D eigenvalue weighted by molar-refractivity contribution is 0.282. The zero-order valence-corrected chi connectivity index (χ0v) is 11.8. The van der Waals surface area contributed by atoms with Crippen molar-refractivity contribution in [3.8, 4) is 0 Å². The van der Waals surface area contributed by atoms with E-state index in [1.54, 1.807) is 10.4 Å². The molecule has 100 valence electrons. The first-order chi connectivity index (χ1) is 9.35. The van der Waals surface area contributed by atoms with E-state index < -0.39 is 0 Å². The van der Waals surface area contributed by atoms with E-state index in [1.807, 2.05) is 23.5 Å². The average Bonchev–Trinajstić information content (AvgIpc) is 3.00. The van der Waals surface area contributed by atoms with Gasteiger partial charge in [-0.05, 0) is 42.0 Å². The number of aliphatic hydroxyl groups is 1. The number of aliphatic hydroxyl groups excluding tert-OH is 1. The lowest BCUT2D eigenvalue weighted by atomic mass is 10.1. The Labute approximate surface area is 118 Å². The van der Waals surface area contributed by atoms with E-state index in [1.165, 1.54) is 29.7 Å². The van der Waals surface area contributed by atoms with Crippen LogP contribution in [0.4, 0.5) is 0 Å². The fraction of sp³-hybridized carbons (Fsp3) is 0.375. The Bertz CT molecular complexity index is 523. The number of thiophene rings is 1. The van der Waals surface area contributed by atoms with Crippen molar-refractivity contribution in [1.82, 2.24) is 5.32 Å². The summed E-state index contributed by atoms with van der Waals surface area (Å²) < 4.78 is 0. The molecule has 2 nitrogen and oxygen atoms in total. The fourth-order valence-corrected chi connectivity index (χ4v) is 3.80. The molecule has 0 saturated carbocycles. The van der Waals surface area contributed by atoms with Gasteiger partial charge in [0.15, 0.2) is 0 Å². The van der Waals surface area contributed by atoms with Crippen molar-refractivity contribution in [1.29, 1.82) is 0 Å². The van der Waals surface area contributed by atoms with E-state index in [2.05, 4.69) is 23.5 Å². The van der Waals surface area contributed by atoms with Crippen molar-refractivity contribution >= 4 is 11.3 Å². The van der Waals surface area contributed by atoms with Gasteiger partial charge in [0.2, 0.25) is 0 Å². The van der Waals surface area contributed by atoms with Crippen molar-refractivity contribution in [2.75, 3.05) is 0 Å². The van der Waals surface area contributed by atoms with Crippen LogP contribution in [0.1, 0.15) is 32.9 Å². The largest absolute Gasteiger partial charge is 0.392 e. The molecular weight excluding hydrogens is 254 g/mol. The number of nitrogens with one attached hydrogen (secondary N) is 1. The van der Waals surface area contributed by atoms with Gasteiger partial charge in [-0.3, -0.25) is 0 Å². The normalized spacial score (nSPS) is 13.7. The summed E-state index contributed by atoms with van der Waals surface area (Å²) in [6.45, 7) is 1.96. The molecule has 0 atom stereocenters. The summed E-state index contributed by atoms with van der Waals surface area (Å²) in [6, 6.07) is 10.5. The Balaban J connectivity index is 1.51. The van der Waals surface area contributed by atoms with Crippen molar-refractivity contribution < 1.29 is 5.11 Å². The minimum Gasteiger partial charge on any atom is -0.392 e. The topological polar surface area (TPSA) is 32.3 Å². The lowest BCUT2D eigenvalue weighted by Crippen LogP contribution is -2.11.